The molecule has 1 heterocycles. The summed E-state index contributed by atoms with van der Waals surface area (Å²) in [4.78, 5) is 35.1. The number of benzene rings is 1. The van der Waals surface area contributed by atoms with Crippen molar-refractivity contribution in [3.63, 3.8) is 0 Å². The molecule has 0 spiro atoms. The summed E-state index contributed by atoms with van der Waals surface area (Å²) < 4.78 is 31.2. The number of carbonyl (C=O) groups is 2. The molecule has 11 nitrogen and oxygen atoms in total. The Balaban J connectivity index is 2.17. The second-order valence-electron chi connectivity index (χ2n) is 9.13. The summed E-state index contributed by atoms with van der Waals surface area (Å²) in [5.41, 5.74) is 6.71. The van der Waals surface area contributed by atoms with Crippen LogP contribution >= 0.6 is 0 Å². The Hall–Kier alpha value is -2.96. The van der Waals surface area contributed by atoms with E-state index >= 15 is 0 Å². The molecular weight excluding hydrogens is 474 g/mol. The number of sulfonamides is 1. The SMILES string of the molecule is CCCN(OCCNC(=O)OC(C)(C)C)C(=O)C1=Cc2ccc(S(=O)(=O)N(C)C)cc2N=C(N)C1. The van der Waals surface area contributed by atoms with E-state index in [1.807, 2.05) is 6.92 Å². The van der Waals surface area contributed by atoms with Gasteiger partial charge in [-0.3, -0.25) is 9.63 Å². The van der Waals surface area contributed by atoms with E-state index in [9.17, 15) is 18.0 Å². The lowest BCUT2D eigenvalue weighted by Gasteiger charge is -2.23. The average molecular weight is 510 g/mol. The monoisotopic (exact) mass is 509 g/mol. The first-order chi connectivity index (χ1) is 16.2. The molecule has 0 aromatic heterocycles. The minimum Gasteiger partial charge on any atom is -0.444 e. The van der Waals surface area contributed by atoms with E-state index in [1.54, 1.807) is 32.9 Å². The molecule has 194 valence electrons. The van der Waals surface area contributed by atoms with Crippen LogP contribution in [-0.4, -0.2) is 75.0 Å². The van der Waals surface area contributed by atoms with Gasteiger partial charge in [-0.2, -0.15) is 0 Å². The summed E-state index contributed by atoms with van der Waals surface area (Å²) in [7, 11) is -0.761. The van der Waals surface area contributed by atoms with Crippen molar-refractivity contribution in [3.8, 4) is 0 Å². The zero-order valence-electron chi connectivity index (χ0n) is 21.1. The predicted octanol–water partition coefficient (Wildman–Crippen LogP) is 2.41. The molecule has 1 aromatic carbocycles. The molecule has 1 aliphatic heterocycles. The van der Waals surface area contributed by atoms with E-state index in [4.69, 9.17) is 15.3 Å². The number of rotatable bonds is 9. The Morgan fingerprint density at radius 2 is 1.91 bits per heavy atom. The van der Waals surface area contributed by atoms with Crippen LogP contribution in [0.1, 0.15) is 46.1 Å². The minimum absolute atomic E-state index is 0.0597. The average Bonchev–Trinajstić information content (AvgIpc) is 2.91. The van der Waals surface area contributed by atoms with E-state index in [1.165, 1.54) is 31.3 Å². The lowest BCUT2D eigenvalue weighted by Crippen LogP contribution is -2.38. The van der Waals surface area contributed by atoms with E-state index < -0.39 is 21.7 Å². The Kier molecular flexibility index (Phi) is 9.41. The maximum Gasteiger partial charge on any atom is 0.407 e. The maximum absolute atomic E-state index is 13.2. The summed E-state index contributed by atoms with van der Waals surface area (Å²) in [6.45, 7) is 7.73. The van der Waals surface area contributed by atoms with Gasteiger partial charge in [0.2, 0.25) is 10.0 Å². The molecule has 0 aliphatic carbocycles. The normalized spacial score (nSPS) is 13.9. The van der Waals surface area contributed by atoms with Crippen molar-refractivity contribution in [1.82, 2.24) is 14.7 Å². The van der Waals surface area contributed by atoms with Crippen molar-refractivity contribution < 1.29 is 27.6 Å². The van der Waals surface area contributed by atoms with Crippen LogP contribution in [0.25, 0.3) is 6.08 Å². The first kappa shape index (κ1) is 28.3. The summed E-state index contributed by atoms with van der Waals surface area (Å²) in [5, 5.41) is 3.81. The Bertz CT molecular complexity index is 1110. The third-order valence-corrected chi connectivity index (χ3v) is 6.50. The van der Waals surface area contributed by atoms with Gasteiger partial charge in [-0.25, -0.2) is 27.6 Å². The van der Waals surface area contributed by atoms with Crippen LogP contribution in [0.5, 0.6) is 0 Å². The lowest BCUT2D eigenvalue weighted by molar-refractivity contribution is -0.181. The number of ether oxygens (including phenoxy) is 1. The van der Waals surface area contributed by atoms with Gasteiger partial charge >= 0.3 is 6.09 Å². The number of fused-ring (bicyclic) bond motifs is 1. The summed E-state index contributed by atoms with van der Waals surface area (Å²) in [5.74, 6) is -0.217. The van der Waals surface area contributed by atoms with E-state index in [0.717, 1.165) is 4.31 Å². The van der Waals surface area contributed by atoms with Crippen LogP contribution in [0.15, 0.2) is 33.7 Å². The number of hydrogen-bond donors (Lipinski definition) is 2. The number of amides is 2. The smallest absolute Gasteiger partial charge is 0.407 e. The van der Waals surface area contributed by atoms with Crippen molar-refractivity contribution in [1.29, 1.82) is 0 Å². The van der Waals surface area contributed by atoms with Gasteiger partial charge in [-0.05, 0) is 45.4 Å². The fraction of sp³-hybridized carbons (Fsp3) is 0.522. The highest BCUT2D eigenvalue weighted by Crippen LogP contribution is 2.30. The van der Waals surface area contributed by atoms with Crippen molar-refractivity contribution in [3.05, 3.63) is 29.3 Å². The largest absolute Gasteiger partial charge is 0.444 e. The van der Waals surface area contributed by atoms with E-state index in [2.05, 4.69) is 10.3 Å². The van der Waals surface area contributed by atoms with Gasteiger partial charge in [0, 0.05) is 44.7 Å². The second kappa shape index (κ2) is 11.6. The van der Waals surface area contributed by atoms with Gasteiger partial charge in [-0.1, -0.05) is 13.0 Å². The third kappa shape index (κ3) is 8.05. The van der Waals surface area contributed by atoms with Crippen LogP contribution in [0.2, 0.25) is 0 Å². The fourth-order valence-corrected chi connectivity index (χ4v) is 4.01. The molecule has 35 heavy (non-hydrogen) atoms. The molecule has 1 aliphatic rings. The second-order valence-corrected chi connectivity index (χ2v) is 11.3. The standard InChI is InChI=1S/C23H35N5O6S/c1-7-11-28(33-12-10-25-22(30)34-23(2,3)4)21(29)17-13-16-8-9-18(35(31,32)27(5)6)15-19(16)26-20(24)14-17/h8-9,13,15H,7,10-12,14H2,1-6H3,(H2,24,26)(H,25,30). The highest BCUT2D eigenvalue weighted by atomic mass is 32.2. The number of nitrogens with zero attached hydrogens (tertiary/aromatic N) is 3. The molecule has 0 atom stereocenters. The molecule has 0 saturated heterocycles. The molecule has 12 heteroatoms. The van der Waals surface area contributed by atoms with Gasteiger partial charge < -0.3 is 15.8 Å². The summed E-state index contributed by atoms with van der Waals surface area (Å²) >= 11 is 0. The molecule has 0 unspecified atom stereocenters. The van der Waals surface area contributed by atoms with Gasteiger partial charge in [0.05, 0.1) is 17.2 Å². The fourth-order valence-electron chi connectivity index (χ4n) is 3.09. The van der Waals surface area contributed by atoms with E-state index in [0.29, 0.717) is 29.8 Å². The number of hydrogen-bond acceptors (Lipinski definition) is 8. The molecule has 0 fully saturated rings. The third-order valence-electron chi connectivity index (χ3n) is 4.69. The van der Waals surface area contributed by atoms with Crippen LogP contribution < -0.4 is 11.1 Å². The molecule has 0 radical (unpaired) electrons. The maximum atomic E-state index is 13.2. The van der Waals surface area contributed by atoms with Crippen molar-refractivity contribution in [2.45, 2.75) is 51.0 Å². The van der Waals surface area contributed by atoms with Crippen molar-refractivity contribution >= 4 is 39.6 Å². The van der Waals surface area contributed by atoms with Gasteiger partial charge in [0.15, 0.2) is 0 Å². The van der Waals surface area contributed by atoms with E-state index in [-0.39, 0.29) is 36.2 Å². The molecule has 3 N–H and O–H groups in total. The summed E-state index contributed by atoms with van der Waals surface area (Å²) in [6, 6.07) is 4.49. The Morgan fingerprint density at radius 1 is 1.23 bits per heavy atom. The Morgan fingerprint density at radius 3 is 2.51 bits per heavy atom. The molecule has 2 amide bonds. The van der Waals surface area contributed by atoms with Crippen molar-refractivity contribution in [2.24, 2.45) is 10.7 Å². The lowest BCUT2D eigenvalue weighted by atomic mass is 10.1. The zero-order valence-corrected chi connectivity index (χ0v) is 21.9. The number of alkyl carbamates (subject to hydrolysis) is 1. The van der Waals surface area contributed by atoms with Crippen LogP contribution in [0.4, 0.5) is 10.5 Å². The van der Waals surface area contributed by atoms with Crippen molar-refractivity contribution in [2.75, 3.05) is 33.8 Å². The molecule has 0 bridgehead atoms. The van der Waals surface area contributed by atoms with Gasteiger partial charge in [0.25, 0.3) is 5.91 Å². The Labute approximate surface area is 207 Å². The molecule has 1 aromatic rings. The summed E-state index contributed by atoms with van der Waals surface area (Å²) in [6.07, 6.45) is 1.78. The predicted molar refractivity (Wildman–Crippen MR) is 133 cm³/mol. The van der Waals surface area contributed by atoms with Gasteiger partial charge in [-0.15, -0.1) is 0 Å². The number of nitrogens with one attached hydrogen (secondary N) is 1. The topological polar surface area (TPSA) is 144 Å². The molecular formula is C23H35N5O6S. The number of aliphatic imine (C=N–C) groups is 1. The molecule has 0 saturated carbocycles. The quantitative estimate of drug-likeness (QED) is 0.384. The minimum atomic E-state index is -3.65. The zero-order chi connectivity index (χ0) is 26.4. The highest BCUT2D eigenvalue weighted by Gasteiger charge is 2.24. The van der Waals surface area contributed by atoms with Crippen LogP contribution in [0.3, 0.4) is 0 Å². The number of carbonyl (C=O) groups excluding carboxylic acids is 2. The van der Waals surface area contributed by atoms with Crippen LogP contribution in [0, 0.1) is 0 Å². The number of amidine groups is 1. The first-order valence-corrected chi connectivity index (χ1v) is 12.7. The first-order valence-electron chi connectivity index (χ1n) is 11.3. The van der Waals surface area contributed by atoms with Gasteiger partial charge in [0.1, 0.15) is 11.4 Å². The number of hydroxylamine groups is 2. The van der Waals surface area contributed by atoms with Crippen LogP contribution in [-0.2, 0) is 24.4 Å². The number of nitrogens with two attached hydrogens (primary N) is 1. The highest BCUT2D eigenvalue weighted by molar-refractivity contribution is 7.89. The molecule has 2 rings (SSSR count).